The molecule has 1 aliphatic rings. The molecule has 3 rings (SSSR count). The fourth-order valence-electron chi connectivity index (χ4n) is 2.33. The number of esters is 1. The van der Waals surface area contributed by atoms with Crippen LogP contribution in [0, 0.1) is 0 Å². The maximum Gasteiger partial charge on any atom is 0.353 e. The highest BCUT2D eigenvalue weighted by Gasteiger charge is 2.13. The van der Waals surface area contributed by atoms with Crippen molar-refractivity contribution in [2.24, 2.45) is 0 Å². The van der Waals surface area contributed by atoms with Gasteiger partial charge in [0.15, 0.2) is 0 Å². The molecule has 0 aliphatic heterocycles. The first-order chi connectivity index (χ1) is 8.83. The molecule has 1 heterocycles. The zero-order valence-corrected chi connectivity index (χ0v) is 10.8. The number of carbonyl (C=O) groups is 1. The normalized spacial score (nSPS) is 14.0. The van der Waals surface area contributed by atoms with Gasteiger partial charge < -0.3 is 4.74 Å². The van der Waals surface area contributed by atoms with Gasteiger partial charge in [-0.25, -0.2) is 4.79 Å². The van der Waals surface area contributed by atoms with Crippen LogP contribution in [0.1, 0.15) is 33.6 Å². The number of fused-ring (bicyclic) bond motifs is 1. The molecule has 3 heteroatoms. The number of carbonyl (C=O) groups excluding carboxylic acids is 1. The van der Waals surface area contributed by atoms with Gasteiger partial charge >= 0.3 is 5.97 Å². The van der Waals surface area contributed by atoms with Gasteiger partial charge in [0.1, 0.15) is 10.6 Å². The summed E-state index contributed by atoms with van der Waals surface area (Å²) in [5.41, 5.74) is 2.73. The van der Waals surface area contributed by atoms with Crippen molar-refractivity contribution in [2.45, 2.75) is 25.7 Å². The molecule has 0 N–H and O–H groups in total. The molecule has 0 amide bonds. The Hall–Kier alpha value is -1.61. The Balaban J connectivity index is 1.79. The van der Waals surface area contributed by atoms with E-state index in [0.29, 0.717) is 10.6 Å². The highest BCUT2D eigenvalue weighted by atomic mass is 32.1. The Bertz CT molecular complexity index is 558. The minimum Gasteiger partial charge on any atom is -0.422 e. The second-order valence-corrected chi connectivity index (χ2v) is 5.45. The first-order valence-electron chi connectivity index (χ1n) is 6.20. The van der Waals surface area contributed by atoms with Crippen LogP contribution in [0.4, 0.5) is 0 Å². The van der Waals surface area contributed by atoms with Gasteiger partial charge in [-0.1, -0.05) is 12.1 Å². The molecule has 2 aromatic rings. The second kappa shape index (κ2) is 4.94. The molecule has 1 aromatic carbocycles. The summed E-state index contributed by atoms with van der Waals surface area (Å²) in [6.07, 6.45) is 4.74. The highest BCUT2D eigenvalue weighted by molar-refractivity contribution is 7.12. The maximum atomic E-state index is 11.8. The molecule has 0 saturated carbocycles. The van der Waals surface area contributed by atoms with Crippen molar-refractivity contribution in [2.75, 3.05) is 0 Å². The fraction of sp³-hybridized carbons (Fsp3) is 0.267. The number of aryl methyl sites for hydroxylation is 2. The van der Waals surface area contributed by atoms with Gasteiger partial charge in [0, 0.05) is 0 Å². The molecule has 0 bridgehead atoms. The molecule has 0 unspecified atom stereocenters. The first-order valence-corrected chi connectivity index (χ1v) is 7.08. The Labute approximate surface area is 110 Å². The number of hydrogen-bond acceptors (Lipinski definition) is 3. The van der Waals surface area contributed by atoms with Crippen LogP contribution in [-0.4, -0.2) is 5.97 Å². The van der Waals surface area contributed by atoms with Crippen LogP contribution in [-0.2, 0) is 12.8 Å². The average Bonchev–Trinajstić information content (AvgIpc) is 2.92. The Morgan fingerprint density at radius 3 is 2.72 bits per heavy atom. The Kier molecular flexibility index (Phi) is 3.15. The van der Waals surface area contributed by atoms with Crippen molar-refractivity contribution in [3.63, 3.8) is 0 Å². The van der Waals surface area contributed by atoms with Crippen molar-refractivity contribution >= 4 is 17.3 Å². The lowest BCUT2D eigenvalue weighted by atomic mass is 9.92. The minimum atomic E-state index is -0.263. The van der Waals surface area contributed by atoms with Crippen molar-refractivity contribution < 1.29 is 9.53 Å². The lowest BCUT2D eigenvalue weighted by Gasteiger charge is -2.16. The first kappa shape index (κ1) is 11.5. The van der Waals surface area contributed by atoms with E-state index in [1.807, 2.05) is 23.6 Å². The van der Waals surface area contributed by atoms with Crippen LogP contribution in [0.5, 0.6) is 5.75 Å². The molecule has 92 valence electrons. The van der Waals surface area contributed by atoms with Gasteiger partial charge in [-0.05, 0) is 60.4 Å². The number of rotatable bonds is 2. The molecular formula is C15H14O2S. The van der Waals surface area contributed by atoms with E-state index in [2.05, 4.69) is 6.07 Å². The average molecular weight is 258 g/mol. The van der Waals surface area contributed by atoms with Crippen LogP contribution in [0.15, 0.2) is 35.7 Å². The van der Waals surface area contributed by atoms with Crippen molar-refractivity contribution in [1.29, 1.82) is 0 Å². The van der Waals surface area contributed by atoms with E-state index in [1.165, 1.54) is 35.3 Å². The third-order valence-corrected chi connectivity index (χ3v) is 4.10. The summed E-state index contributed by atoms with van der Waals surface area (Å²) in [5.74, 6) is 0.398. The second-order valence-electron chi connectivity index (χ2n) is 4.50. The summed E-state index contributed by atoms with van der Waals surface area (Å²) in [5, 5.41) is 1.88. The smallest absolute Gasteiger partial charge is 0.353 e. The fourth-order valence-corrected chi connectivity index (χ4v) is 2.92. The summed E-state index contributed by atoms with van der Waals surface area (Å²) in [7, 11) is 0. The maximum absolute atomic E-state index is 11.8. The van der Waals surface area contributed by atoms with Gasteiger partial charge in [-0.15, -0.1) is 11.3 Å². The molecule has 2 nitrogen and oxygen atoms in total. The largest absolute Gasteiger partial charge is 0.422 e. The molecule has 0 fully saturated rings. The van der Waals surface area contributed by atoms with Gasteiger partial charge in [0.2, 0.25) is 0 Å². The summed E-state index contributed by atoms with van der Waals surface area (Å²) < 4.78 is 5.40. The zero-order chi connectivity index (χ0) is 12.4. The molecule has 0 radical (unpaired) electrons. The van der Waals surface area contributed by atoms with Crippen LogP contribution in [0.25, 0.3) is 0 Å². The number of benzene rings is 1. The summed E-state index contributed by atoms with van der Waals surface area (Å²) >= 11 is 1.40. The van der Waals surface area contributed by atoms with E-state index >= 15 is 0 Å². The number of hydrogen-bond donors (Lipinski definition) is 0. The summed E-state index contributed by atoms with van der Waals surface area (Å²) in [6, 6.07) is 9.64. The molecule has 1 aliphatic carbocycles. The van der Waals surface area contributed by atoms with E-state index in [0.717, 1.165) is 12.8 Å². The quantitative estimate of drug-likeness (QED) is 0.604. The molecule has 0 saturated heterocycles. The molecule has 18 heavy (non-hydrogen) atoms. The van der Waals surface area contributed by atoms with Crippen molar-refractivity contribution in [3.05, 3.63) is 51.7 Å². The van der Waals surface area contributed by atoms with Crippen LogP contribution >= 0.6 is 11.3 Å². The van der Waals surface area contributed by atoms with E-state index in [9.17, 15) is 4.79 Å². The summed E-state index contributed by atoms with van der Waals surface area (Å²) in [4.78, 5) is 12.5. The third kappa shape index (κ3) is 2.31. The molecule has 0 atom stereocenters. The van der Waals surface area contributed by atoms with Gasteiger partial charge in [0.25, 0.3) is 0 Å². The lowest BCUT2D eigenvalue weighted by Crippen LogP contribution is -2.08. The Morgan fingerprint density at radius 1 is 1.11 bits per heavy atom. The van der Waals surface area contributed by atoms with Crippen molar-refractivity contribution in [3.8, 4) is 5.75 Å². The van der Waals surface area contributed by atoms with Crippen LogP contribution < -0.4 is 4.74 Å². The monoisotopic (exact) mass is 258 g/mol. The predicted octanol–water partition coefficient (Wildman–Crippen LogP) is 3.85. The van der Waals surface area contributed by atoms with Gasteiger partial charge in [-0.3, -0.25) is 0 Å². The number of thiophene rings is 1. The molecule has 0 spiro atoms. The molecule has 1 aromatic heterocycles. The van der Waals surface area contributed by atoms with Gasteiger partial charge in [0.05, 0.1) is 0 Å². The van der Waals surface area contributed by atoms with E-state index in [1.54, 1.807) is 6.07 Å². The Morgan fingerprint density at radius 2 is 1.94 bits per heavy atom. The third-order valence-electron chi connectivity index (χ3n) is 3.25. The number of ether oxygens (including phenoxy) is 1. The van der Waals surface area contributed by atoms with E-state index < -0.39 is 0 Å². The summed E-state index contributed by atoms with van der Waals surface area (Å²) in [6.45, 7) is 0. The minimum absolute atomic E-state index is 0.263. The van der Waals surface area contributed by atoms with Crippen LogP contribution in [0.2, 0.25) is 0 Å². The topological polar surface area (TPSA) is 26.3 Å². The van der Waals surface area contributed by atoms with Gasteiger partial charge in [-0.2, -0.15) is 0 Å². The molecular weight excluding hydrogens is 244 g/mol. The van der Waals surface area contributed by atoms with E-state index in [-0.39, 0.29) is 5.97 Å². The zero-order valence-electron chi connectivity index (χ0n) is 10.0. The van der Waals surface area contributed by atoms with Crippen molar-refractivity contribution in [1.82, 2.24) is 0 Å². The highest BCUT2D eigenvalue weighted by Crippen LogP contribution is 2.26. The van der Waals surface area contributed by atoms with E-state index in [4.69, 9.17) is 4.74 Å². The predicted molar refractivity (Wildman–Crippen MR) is 72.4 cm³/mol. The standard InChI is InChI=1S/C15H14O2S/c16-15(14-6-3-9-18-14)17-13-8-7-11-4-1-2-5-12(11)10-13/h3,6-10H,1-2,4-5H2. The lowest BCUT2D eigenvalue weighted by molar-refractivity contribution is 0.0739. The van der Waals surface area contributed by atoms with Crippen LogP contribution in [0.3, 0.4) is 0 Å². The SMILES string of the molecule is O=C(Oc1ccc2c(c1)CCCC2)c1cccs1.